The van der Waals surface area contributed by atoms with Crippen molar-refractivity contribution in [2.75, 3.05) is 0 Å². The summed E-state index contributed by atoms with van der Waals surface area (Å²) in [6.45, 7) is 6.04. The third-order valence-electron chi connectivity index (χ3n) is 2.42. The lowest BCUT2D eigenvalue weighted by Crippen LogP contribution is -1.94. The lowest BCUT2D eigenvalue weighted by Gasteiger charge is -2.05. The van der Waals surface area contributed by atoms with Gasteiger partial charge in [0.15, 0.2) is 0 Å². The van der Waals surface area contributed by atoms with E-state index >= 15 is 0 Å². The molecule has 1 aromatic heterocycles. The molecule has 2 nitrogen and oxygen atoms in total. The van der Waals surface area contributed by atoms with Crippen LogP contribution >= 0.6 is 0 Å². The summed E-state index contributed by atoms with van der Waals surface area (Å²) in [5.74, 6) is 0.816. The molecule has 0 amide bonds. The second kappa shape index (κ2) is 3.81. The molecule has 0 aliphatic rings. The number of rotatable bonds is 1. The summed E-state index contributed by atoms with van der Waals surface area (Å²) in [6, 6.07) is 8.41. The molecule has 0 aliphatic carbocycles. The van der Waals surface area contributed by atoms with Crippen LogP contribution in [0, 0.1) is 20.8 Å². The summed E-state index contributed by atoms with van der Waals surface area (Å²) in [7, 11) is 0. The summed E-state index contributed by atoms with van der Waals surface area (Å²) >= 11 is 0. The second-order valence-corrected chi connectivity index (χ2v) is 3.81. The van der Waals surface area contributed by atoms with Gasteiger partial charge in [-0.2, -0.15) is 0 Å². The first-order chi connectivity index (χ1) is 7.16. The average Bonchev–Trinajstić information content (AvgIpc) is 2.23. The van der Waals surface area contributed by atoms with Crippen molar-refractivity contribution >= 4 is 0 Å². The number of aromatic nitrogens is 2. The van der Waals surface area contributed by atoms with Crippen molar-refractivity contribution in [3.63, 3.8) is 0 Å². The molecule has 76 valence electrons. The quantitative estimate of drug-likeness (QED) is 0.703. The minimum absolute atomic E-state index is 0.816. The molecule has 1 heterocycles. The highest BCUT2D eigenvalue weighted by Crippen LogP contribution is 2.20. The van der Waals surface area contributed by atoms with Crippen molar-refractivity contribution in [2.45, 2.75) is 20.8 Å². The van der Waals surface area contributed by atoms with Crippen molar-refractivity contribution in [3.05, 3.63) is 47.4 Å². The lowest BCUT2D eigenvalue weighted by molar-refractivity contribution is 1.04. The van der Waals surface area contributed by atoms with Crippen molar-refractivity contribution < 1.29 is 0 Å². The number of nitrogens with zero attached hydrogens (tertiary/aromatic N) is 2. The van der Waals surface area contributed by atoms with E-state index in [2.05, 4.69) is 41.2 Å². The highest BCUT2D eigenvalue weighted by molar-refractivity contribution is 5.62. The van der Waals surface area contributed by atoms with Crippen LogP contribution in [0.25, 0.3) is 11.3 Å². The summed E-state index contributed by atoms with van der Waals surface area (Å²) in [5.41, 5.74) is 4.57. The van der Waals surface area contributed by atoms with E-state index in [0.717, 1.165) is 22.6 Å². The highest BCUT2D eigenvalue weighted by Gasteiger charge is 2.03. The van der Waals surface area contributed by atoms with Gasteiger partial charge in [0, 0.05) is 11.8 Å². The Morgan fingerprint density at radius 1 is 0.933 bits per heavy atom. The minimum atomic E-state index is 0.816. The Morgan fingerprint density at radius 2 is 1.60 bits per heavy atom. The van der Waals surface area contributed by atoms with Crippen LogP contribution in [-0.2, 0) is 0 Å². The molecule has 0 fully saturated rings. The molecule has 0 radical (unpaired) electrons. The van der Waals surface area contributed by atoms with Gasteiger partial charge in [0.1, 0.15) is 5.82 Å². The van der Waals surface area contributed by atoms with Gasteiger partial charge in [0.25, 0.3) is 0 Å². The van der Waals surface area contributed by atoms with E-state index in [0.29, 0.717) is 0 Å². The van der Waals surface area contributed by atoms with Gasteiger partial charge < -0.3 is 0 Å². The molecule has 0 aliphatic heterocycles. The Bertz CT molecular complexity index is 472. The Kier molecular flexibility index (Phi) is 2.50. The third-order valence-corrected chi connectivity index (χ3v) is 2.42. The number of hydrogen-bond donors (Lipinski definition) is 0. The van der Waals surface area contributed by atoms with E-state index in [1.54, 1.807) is 0 Å². The Labute approximate surface area is 90.0 Å². The van der Waals surface area contributed by atoms with E-state index in [4.69, 9.17) is 0 Å². The Morgan fingerprint density at radius 3 is 2.27 bits per heavy atom. The molecule has 0 saturated heterocycles. The zero-order valence-corrected chi connectivity index (χ0v) is 9.28. The SMILES string of the molecule is Cc1ccc(-c2nc(C)ncc2C)cc1. The first-order valence-corrected chi connectivity index (χ1v) is 5.04. The first kappa shape index (κ1) is 9.84. The molecule has 0 bridgehead atoms. The number of hydrogen-bond acceptors (Lipinski definition) is 2. The van der Waals surface area contributed by atoms with E-state index < -0.39 is 0 Å². The van der Waals surface area contributed by atoms with Crippen LogP contribution in [0.1, 0.15) is 17.0 Å². The maximum atomic E-state index is 4.46. The van der Waals surface area contributed by atoms with Gasteiger partial charge in [-0.15, -0.1) is 0 Å². The molecule has 2 heteroatoms. The second-order valence-electron chi connectivity index (χ2n) is 3.81. The van der Waals surface area contributed by atoms with Gasteiger partial charge in [-0.3, -0.25) is 0 Å². The summed E-state index contributed by atoms with van der Waals surface area (Å²) in [6.07, 6.45) is 1.87. The lowest BCUT2D eigenvalue weighted by atomic mass is 10.1. The molecule has 2 rings (SSSR count). The largest absolute Gasteiger partial charge is 0.241 e. The maximum Gasteiger partial charge on any atom is 0.125 e. The topological polar surface area (TPSA) is 25.8 Å². The zero-order valence-electron chi connectivity index (χ0n) is 9.28. The Hall–Kier alpha value is -1.70. The molecular formula is C13H14N2. The predicted octanol–water partition coefficient (Wildman–Crippen LogP) is 3.07. The maximum absolute atomic E-state index is 4.46. The standard InChI is InChI=1S/C13H14N2/c1-9-4-6-12(7-5-9)13-10(2)8-14-11(3)15-13/h4-8H,1-3H3. The summed E-state index contributed by atoms with van der Waals surface area (Å²) in [5, 5.41) is 0. The number of aryl methyl sites for hydroxylation is 3. The molecular weight excluding hydrogens is 184 g/mol. The highest BCUT2D eigenvalue weighted by atomic mass is 14.9. The van der Waals surface area contributed by atoms with Crippen LogP contribution in [0.3, 0.4) is 0 Å². The zero-order chi connectivity index (χ0) is 10.8. The van der Waals surface area contributed by atoms with E-state index in [9.17, 15) is 0 Å². The fourth-order valence-corrected chi connectivity index (χ4v) is 1.53. The van der Waals surface area contributed by atoms with Crippen LogP contribution in [0.5, 0.6) is 0 Å². The van der Waals surface area contributed by atoms with Gasteiger partial charge in [-0.05, 0) is 26.3 Å². The molecule has 15 heavy (non-hydrogen) atoms. The van der Waals surface area contributed by atoms with Gasteiger partial charge in [-0.1, -0.05) is 29.8 Å². The summed E-state index contributed by atoms with van der Waals surface area (Å²) in [4.78, 5) is 8.63. The fraction of sp³-hybridized carbons (Fsp3) is 0.231. The molecule has 2 aromatic rings. The van der Waals surface area contributed by atoms with Crippen LogP contribution in [0.15, 0.2) is 30.5 Å². The van der Waals surface area contributed by atoms with Crippen LogP contribution < -0.4 is 0 Å². The van der Waals surface area contributed by atoms with Crippen molar-refractivity contribution in [2.24, 2.45) is 0 Å². The van der Waals surface area contributed by atoms with Gasteiger partial charge in [-0.25, -0.2) is 9.97 Å². The minimum Gasteiger partial charge on any atom is -0.241 e. The average molecular weight is 198 g/mol. The third kappa shape index (κ3) is 2.04. The van der Waals surface area contributed by atoms with E-state index in [1.165, 1.54) is 5.56 Å². The van der Waals surface area contributed by atoms with Crippen molar-refractivity contribution in [1.29, 1.82) is 0 Å². The van der Waals surface area contributed by atoms with Gasteiger partial charge in [0.2, 0.25) is 0 Å². The summed E-state index contributed by atoms with van der Waals surface area (Å²) < 4.78 is 0. The van der Waals surface area contributed by atoms with Crippen LogP contribution in [0.2, 0.25) is 0 Å². The molecule has 0 atom stereocenters. The van der Waals surface area contributed by atoms with E-state index in [-0.39, 0.29) is 0 Å². The van der Waals surface area contributed by atoms with E-state index in [1.807, 2.05) is 20.0 Å². The normalized spacial score (nSPS) is 10.3. The van der Waals surface area contributed by atoms with Crippen LogP contribution in [0.4, 0.5) is 0 Å². The first-order valence-electron chi connectivity index (χ1n) is 5.04. The molecule has 0 unspecified atom stereocenters. The van der Waals surface area contributed by atoms with Gasteiger partial charge in [0.05, 0.1) is 5.69 Å². The fourth-order valence-electron chi connectivity index (χ4n) is 1.53. The van der Waals surface area contributed by atoms with Gasteiger partial charge >= 0.3 is 0 Å². The Balaban J connectivity index is 2.53. The molecule has 1 aromatic carbocycles. The molecule has 0 saturated carbocycles. The van der Waals surface area contributed by atoms with Crippen LogP contribution in [-0.4, -0.2) is 9.97 Å². The molecule has 0 spiro atoms. The molecule has 0 N–H and O–H groups in total. The predicted molar refractivity (Wildman–Crippen MR) is 61.7 cm³/mol. The number of benzene rings is 1. The van der Waals surface area contributed by atoms with Crippen molar-refractivity contribution in [1.82, 2.24) is 9.97 Å². The van der Waals surface area contributed by atoms with Crippen molar-refractivity contribution in [3.8, 4) is 11.3 Å². The monoisotopic (exact) mass is 198 g/mol. The smallest absolute Gasteiger partial charge is 0.125 e.